The average molecular weight is 337 g/mol. The van der Waals surface area contributed by atoms with E-state index >= 15 is 0 Å². The van der Waals surface area contributed by atoms with Crippen molar-refractivity contribution in [2.45, 2.75) is 26.2 Å². The fourth-order valence-corrected chi connectivity index (χ4v) is 2.42. The SMILES string of the molecule is CCCCc1ccc(NC(=S)Nc2cccc(Cl)c2F)cc1. The van der Waals surface area contributed by atoms with Crippen LogP contribution in [0.1, 0.15) is 25.3 Å². The Balaban J connectivity index is 1.95. The molecule has 0 aliphatic carbocycles. The molecule has 2 nitrogen and oxygen atoms in total. The lowest BCUT2D eigenvalue weighted by Crippen LogP contribution is -2.19. The minimum atomic E-state index is -0.511. The molecule has 0 unspecified atom stereocenters. The van der Waals surface area contributed by atoms with Gasteiger partial charge in [-0.15, -0.1) is 0 Å². The quantitative estimate of drug-likeness (QED) is 0.692. The smallest absolute Gasteiger partial charge is 0.175 e. The molecule has 2 N–H and O–H groups in total. The highest BCUT2D eigenvalue weighted by molar-refractivity contribution is 7.80. The molecule has 0 aliphatic heterocycles. The zero-order valence-corrected chi connectivity index (χ0v) is 13.9. The Morgan fingerprint density at radius 1 is 1.14 bits per heavy atom. The van der Waals surface area contributed by atoms with Gasteiger partial charge >= 0.3 is 0 Å². The van der Waals surface area contributed by atoms with Crippen molar-refractivity contribution < 1.29 is 4.39 Å². The maximum absolute atomic E-state index is 13.8. The second-order valence-corrected chi connectivity index (χ2v) is 5.80. The maximum Gasteiger partial charge on any atom is 0.175 e. The van der Waals surface area contributed by atoms with Gasteiger partial charge in [0.2, 0.25) is 0 Å². The van der Waals surface area contributed by atoms with E-state index in [0.717, 1.165) is 12.1 Å². The number of halogens is 2. The van der Waals surface area contributed by atoms with Gasteiger partial charge in [-0.1, -0.05) is 43.1 Å². The summed E-state index contributed by atoms with van der Waals surface area (Å²) in [6.07, 6.45) is 3.44. The van der Waals surface area contributed by atoms with Gasteiger partial charge < -0.3 is 10.6 Å². The van der Waals surface area contributed by atoms with Gasteiger partial charge in [0, 0.05) is 5.69 Å². The summed E-state index contributed by atoms with van der Waals surface area (Å²) >= 11 is 10.9. The molecule has 2 aromatic carbocycles. The largest absolute Gasteiger partial charge is 0.332 e. The highest BCUT2D eigenvalue weighted by atomic mass is 35.5. The van der Waals surface area contributed by atoms with Crippen LogP contribution in [0.5, 0.6) is 0 Å². The Morgan fingerprint density at radius 3 is 2.55 bits per heavy atom. The van der Waals surface area contributed by atoms with E-state index in [0.29, 0.717) is 5.11 Å². The van der Waals surface area contributed by atoms with Crippen molar-refractivity contribution in [3.8, 4) is 0 Å². The highest BCUT2D eigenvalue weighted by Gasteiger charge is 2.07. The van der Waals surface area contributed by atoms with E-state index in [1.54, 1.807) is 12.1 Å². The lowest BCUT2D eigenvalue weighted by atomic mass is 10.1. The number of benzene rings is 2. The molecule has 0 amide bonds. The van der Waals surface area contributed by atoms with Gasteiger partial charge in [-0.05, 0) is 54.9 Å². The van der Waals surface area contributed by atoms with E-state index in [4.69, 9.17) is 23.8 Å². The van der Waals surface area contributed by atoms with Crippen molar-refractivity contribution in [2.24, 2.45) is 0 Å². The maximum atomic E-state index is 13.8. The van der Waals surface area contributed by atoms with E-state index in [1.807, 2.05) is 12.1 Å². The second-order valence-electron chi connectivity index (χ2n) is 4.98. The first-order chi connectivity index (χ1) is 10.6. The molecule has 0 radical (unpaired) electrons. The zero-order valence-electron chi connectivity index (χ0n) is 12.3. The van der Waals surface area contributed by atoms with Gasteiger partial charge in [-0.2, -0.15) is 0 Å². The van der Waals surface area contributed by atoms with Crippen molar-refractivity contribution in [1.29, 1.82) is 0 Å². The van der Waals surface area contributed by atoms with Gasteiger partial charge in [0.15, 0.2) is 10.9 Å². The molecule has 0 aromatic heterocycles. The fraction of sp³-hybridized carbons (Fsp3) is 0.235. The number of unbranched alkanes of at least 4 members (excludes halogenated alkanes) is 1. The van der Waals surface area contributed by atoms with Crippen molar-refractivity contribution in [1.82, 2.24) is 0 Å². The molecule has 22 heavy (non-hydrogen) atoms. The third-order valence-corrected chi connectivity index (χ3v) is 3.73. The number of aryl methyl sites for hydroxylation is 1. The molecule has 0 saturated carbocycles. The lowest BCUT2D eigenvalue weighted by Gasteiger charge is -2.12. The van der Waals surface area contributed by atoms with Crippen molar-refractivity contribution >= 4 is 40.3 Å². The van der Waals surface area contributed by atoms with Crippen LogP contribution in [0.15, 0.2) is 42.5 Å². The predicted octanol–water partition coefficient (Wildman–Crippen LogP) is 5.63. The Hall–Kier alpha value is -1.65. The first-order valence-corrected chi connectivity index (χ1v) is 7.99. The first-order valence-electron chi connectivity index (χ1n) is 7.21. The molecule has 2 rings (SSSR count). The molecule has 116 valence electrons. The van der Waals surface area contributed by atoms with Crippen LogP contribution in [-0.4, -0.2) is 5.11 Å². The molecule has 0 aliphatic rings. The van der Waals surface area contributed by atoms with E-state index in [2.05, 4.69) is 29.7 Å². The normalized spacial score (nSPS) is 10.3. The van der Waals surface area contributed by atoms with Crippen molar-refractivity contribution in [2.75, 3.05) is 10.6 Å². The second kappa shape index (κ2) is 8.11. The summed E-state index contributed by atoms with van der Waals surface area (Å²) in [5.41, 5.74) is 2.41. The molecular formula is C17H18ClFN2S. The number of anilines is 2. The van der Waals surface area contributed by atoms with E-state index in [9.17, 15) is 4.39 Å². The minimum absolute atomic E-state index is 0.0630. The summed E-state index contributed by atoms with van der Waals surface area (Å²) < 4.78 is 13.8. The van der Waals surface area contributed by atoms with Crippen molar-refractivity contribution in [3.63, 3.8) is 0 Å². The third-order valence-electron chi connectivity index (χ3n) is 3.23. The van der Waals surface area contributed by atoms with E-state index in [-0.39, 0.29) is 10.7 Å². The van der Waals surface area contributed by atoms with Crippen LogP contribution in [0.2, 0.25) is 5.02 Å². The lowest BCUT2D eigenvalue weighted by molar-refractivity contribution is 0.632. The van der Waals surface area contributed by atoms with Gasteiger partial charge in [-0.3, -0.25) is 0 Å². The summed E-state index contributed by atoms with van der Waals surface area (Å²) in [6, 6.07) is 12.8. The Morgan fingerprint density at radius 2 is 1.86 bits per heavy atom. The molecule has 0 bridgehead atoms. The molecule has 5 heteroatoms. The van der Waals surface area contributed by atoms with Crippen LogP contribution in [0.25, 0.3) is 0 Å². The Labute approximate surface area is 140 Å². The van der Waals surface area contributed by atoms with Crippen LogP contribution >= 0.6 is 23.8 Å². The molecule has 0 saturated heterocycles. The Bertz CT molecular complexity index is 644. The molecular weight excluding hydrogens is 319 g/mol. The standard InChI is InChI=1S/C17H18ClFN2S/c1-2-3-5-12-8-10-13(11-9-12)20-17(22)21-15-7-4-6-14(18)16(15)19/h4,6-11H,2-3,5H2,1H3,(H2,20,21,22). The molecule has 0 spiro atoms. The third kappa shape index (κ3) is 4.68. The minimum Gasteiger partial charge on any atom is -0.332 e. The summed E-state index contributed by atoms with van der Waals surface area (Å²) in [5, 5.41) is 6.23. The van der Waals surface area contributed by atoms with Gasteiger partial charge in [-0.25, -0.2) is 4.39 Å². The zero-order chi connectivity index (χ0) is 15.9. The summed E-state index contributed by atoms with van der Waals surface area (Å²) in [7, 11) is 0. The topological polar surface area (TPSA) is 24.1 Å². The summed E-state index contributed by atoms with van der Waals surface area (Å²) in [6.45, 7) is 2.18. The van der Waals surface area contributed by atoms with Crippen LogP contribution < -0.4 is 10.6 Å². The average Bonchev–Trinajstić information content (AvgIpc) is 2.51. The van der Waals surface area contributed by atoms with Gasteiger partial charge in [0.1, 0.15) is 0 Å². The van der Waals surface area contributed by atoms with E-state index < -0.39 is 5.82 Å². The van der Waals surface area contributed by atoms with Crippen LogP contribution in [-0.2, 0) is 6.42 Å². The molecule has 2 aromatic rings. The van der Waals surface area contributed by atoms with Crippen LogP contribution in [0.4, 0.5) is 15.8 Å². The van der Waals surface area contributed by atoms with Gasteiger partial charge in [0.05, 0.1) is 10.7 Å². The van der Waals surface area contributed by atoms with E-state index in [1.165, 1.54) is 24.5 Å². The first kappa shape index (κ1) is 16.7. The summed E-state index contributed by atoms with van der Waals surface area (Å²) in [4.78, 5) is 0. The summed E-state index contributed by atoms with van der Waals surface area (Å²) in [5.74, 6) is -0.511. The number of hydrogen-bond donors (Lipinski definition) is 2. The number of hydrogen-bond acceptors (Lipinski definition) is 1. The van der Waals surface area contributed by atoms with Crippen molar-refractivity contribution in [3.05, 3.63) is 58.9 Å². The predicted molar refractivity (Wildman–Crippen MR) is 96.3 cm³/mol. The van der Waals surface area contributed by atoms with Gasteiger partial charge in [0.25, 0.3) is 0 Å². The van der Waals surface area contributed by atoms with Crippen LogP contribution in [0.3, 0.4) is 0 Å². The number of thiocarbonyl (C=S) groups is 1. The molecule has 0 fully saturated rings. The van der Waals surface area contributed by atoms with Crippen LogP contribution in [0, 0.1) is 5.82 Å². The molecule has 0 atom stereocenters. The number of nitrogens with one attached hydrogen (secondary N) is 2. The fourth-order valence-electron chi connectivity index (χ4n) is 2.02. The molecule has 0 heterocycles. The Kier molecular flexibility index (Phi) is 6.16. The number of rotatable bonds is 5. The highest BCUT2D eigenvalue weighted by Crippen LogP contribution is 2.22. The monoisotopic (exact) mass is 336 g/mol.